The lowest BCUT2D eigenvalue weighted by Gasteiger charge is -2.15. The molecule has 6 nitrogen and oxygen atoms in total. The maximum atomic E-state index is 12.5. The molecule has 2 heterocycles. The summed E-state index contributed by atoms with van der Waals surface area (Å²) in [5.74, 6) is 0. The lowest BCUT2D eigenvalue weighted by atomic mass is 10.3. The fourth-order valence-electron chi connectivity index (χ4n) is 2.33. The van der Waals surface area contributed by atoms with Crippen molar-refractivity contribution in [2.24, 2.45) is 7.05 Å². The van der Waals surface area contributed by atoms with Gasteiger partial charge in [-0.1, -0.05) is 0 Å². The maximum absolute atomic E-state index is 12.5. The van der Waals surface area contributed by atoms with Crippen molar-refractivity contribution < 1.29 is 13.2 Å². The first kappa shape index (κ1) is 17.1. The summed E-state index contributed by atoms with van der Waals surface area (Å²) in [5.41, 5.74) is 1.11. The van der Waals surface area contributed by atoms with Crippen LogP contribution in [0.3, 0.4) is 0 Å². The molecule has 0 unspecified atom stereocenters. The van der Waals surface area contributed by atoms with E-state index in [1.54, 1.807) is 44.0 Å². The molecule has 0 saturated carbocycles. The molecule has 2 aromatic rings. The van der Waals surface area contributed by atoms with Crippen LogP contribution in [0, 0.1) is 20.8 Å². The van der Waals surface area contributed by atoms with Crippen LogP contribution in [0.4, 0.5) is 0 Å². The van der Waals surface area contributed by atoms with Gasteiger partial charge in [0.15, 0.2) is 0 Å². The maximum Gasteiger partial charge on any atom is 0.244 e. The van der Waals surface area contributed by atoms with Gasteiger partial charge in [-0.15, -0.1) is 11.3 Å². The first-order valence-corrected chi connectivity index (χ1v) is 9.15. The van der Waals surface area contributed by atoms with Crippen molar-refractivity contribution >= 4 is 21.4 Å². The minimum atomic E-state index is -3.62. The Kier molecular flexibility index (Phi) is 5.06. The van der Waals surface area contributed by atoms with Crippen LogP contribution >= 0.6 is 11.3 Å². The van der Waals surface area contributed by atoms with E-state index in [9.17, 15) is 8.42 Å². The number of hydrogen-bond donors (Lipinski definition) is 1. The SMILES string of the molecule is CO[C@H](CNS(=O)(=O)c1c(C)nn(C)c1C)c1ccc(C)s1. The van der Waals surface area contributed by atoms with Gasteiger partial charge in [-0.05, 0) is 32.9 Å². The predicted molar refractivity (Wildman–Crippen MR) is 86.7 cm³/mol. The van der Waals surface area contributed by atoms with E-state index in [2.05, 4.69) is 9.82 Å². The zero-order valence-corrected chi connectivity index (χ0v) is 15.0. The number of sulfonamides is 1. The zero-order chi connectivity index (χ0) is 16.5. The number of thiophene rings is 1. The van der Waals surface area contributed by atoms with Gasteiger partial charge in [-0.25, -0.2) is 13.1 Å². The third kappa shape index (κ3) is 3.40. The molecule has 0 amide bonds. The van der Waals surface area contributed by atoms with Gasteiger partial charge >= 0.3 is 0 Å². The topological polar surface area (TPSA) is 73.2 Å². The first-order chi connectivity index (χ1) is 10.3. The van der Waals surface area contributed by atoms with E-state index in [4.69, 9.17) is 4.74 Å². The van der Waals surface area contributed by atoms with Crippen LogP contribution in [0.25, 0.3) is 0 Å². The Bertz CT molecular complexity index is 762. The van der Waals surface area contributed by atoms with Gasteiger partial charge in [0.25, 0.3) is 0 Å². The van der Waals surface area contributed by atoms with Gasteiger partial charge in [0, 0.05) is 30.5 Å². The van der Waals surface area contributed by atoms with Crippen LogP contribution in [-0.2, 0) is 21.8 Å². The summed E-state index contributed by atoms with van der Waals surface area (Å²) in [5, 5.41) is 4.15. The quantitative estimate of drug-likeness (QED) is 0.871. The molecule has 0 saturated heterocycles. The normalized spacial score (nSPS) is 13.5. The van der Waals surface area contributed by atoms with E-state index in [0.29, 0.717) is 11.4 Å². The Balaban J connectivity index is 2.18. The zero-order valence-electron chi connectivity index (χ0n) is 13.4. The van der Waals surface area contributed by atoms with E-state index >= 15 is 0 Å². The highest BCUT2D eigenvalue weighted by molar-refractivity contribution is 7.89. The molecule has 0 aromatic carbocycles. The number of ether oxygens (including phenoxy) is 1. The minimum Gasteiger partial charge on any atom is -0.375 e. The molecular formula is C14H21N3O3S2. The lowest BCUT2D eigenvalue weighted by molar-refractivity contribution is 0.110. The van der Waals surface area contributed by atoms with Gasteiger partial charge in [0.2, 0.25) is 10.0 Å². The van der Waals surface area contributed by atoms with Gasteiger partial charge in [-0.3, -0.25) is 4.68 Å². The van der Waals surface area contributed by atoms with E-state index in [-0.39, 0.29) is 17.5 Å². The Hall–Kier alpha value is -1.22. The van der Waals surface area contributed by atoms with Crippen LogP contribution in [0.5, 0.6) is 0 Å². The highest BCUT2D eigenvalue weighted by Crippen LogP contribution is 2.25. The van der Waals surface area contributed by atoms with Crippen molar-refractivity contribution in [3.63, 3.8) is 0 Å². The number of methoxy groups -OCH3 is 1. The third-order valence-electron chi connectivity index (χ3n) is 3.53. The Morgan fingerprint density at radius 2 is 2.05 bits per heavy atom. The van der Waals surface area contributed by atoms with E-state index < -0.39 is 10.0 Å². The molecule has 0 aliphatic heterocycles. The second kappa shape index (κ2) is 6.49. The van der Waals surface area contributed by atoms with Crippen LogP contribution in [0.1, 0.15) is 27.2 Å². The molecule has 22 heavy (non-hydrogen) atoms. The summed E-state index contributed by atoms with van der Waals surface area (Å²) < 4.78 is 34.7. The molecule has 0 fully saturated rings. The van der Waals surface area contributed by atoms with Crippen LogP contribution < -0.4 is 4.72 Å². The second-order valence-corrected chi connectivity index (χ2v) is 8.17. The summed E-state index contributed by atoms with van der Waals surface area (Å²) in [4.78, 5) is 2.41. The van der Waals surface area contributed by atoms with E-state index in [1.807, 2.05) is 19.1 Å². The summed E-state index contributed by atoms with van der Waals surface area (Å²) in [6, 6.07) is 3.96. The number of nitrogens with zero attached hydrogens (tertiary/aromatic N) is 2. The molecule has 1 atom stereocenters. The first-order valence-electron chi connectivity index (χ1n) is 6.85. The summed E-state index contributed by atoms with van der Waals surface area (Å²) in [7, 11) is -0.308. The Morgan fingerprint density at radius 3 is 2.50 bits per heavy atom. The number of nitrogens with one attached hydrogen (secondary N) is 1. The third-order valence-corrected chi connectivity index (χ3v) is 6.30. The summed E-state index contributed by atoms with van der Waals surface area (Å²) in [6.45, 7) is 5.63. The van der Waals surface area contributed by atoms with Crippen LogP contribution in [0.2, 0.25) is 0 Å². The molecule has 122 valence electrons. The van der Waals surface area contributed by atoms with Crippen LogP contribution in [-0.4, -0.2) is 31.9 Å². The van der Waals surface area contributed by atoms with Crippen molar-refractivity contribution in [2.45, 2.75) is 31.8 Å². The summed E-state index contributed by atoms with van der Waals surface area (Å²) in [6.07, 6.45) is -0.300. The number of aryl methyl sites for hydroxylation is 3. The molecule has 2 aromatic heterocycles. The molecular weight excluding hydrogens is 322 g/mol. The van der Waals surface area contributed by atoms with Gasteiger partial charge in [-0.2, -0.15) is 5.10 Å². The molecule has 8 heteroatoms. The molecule has 2 rings (SSSR count). The Labute approximate surface area is 135 Å². The lowest BCUT2D eigenvalue weighted by Crippen LogP contribution is -2.29. The summed E-state index contributed by atoms with van der Waals surface area (Å²) >= 11 is 1.60. The van der Waals surface area contributed by atoms with E-state index in [0.717, 1.165) is 4.88 Å². The molecule has 0 spiro atoms. The minimum absolute atomic E-state index is 0.187. The van der Waals surface area contributed by atoms with Crippen molar-refractivity contribution in [3.05, 3.63) is 33.3 Å². The second-order valence-electron chi connectivity index (χ2n) is 5.15. The van der Waals surface area contributed by atoms with Gasteiger partial charge in [0.05, 0.1) is 11.4 Å². The molecule has 0 aliphatic rings. The van der Waals surface area contributed by atoms with Crippen molar-refractivity contribution in [2.75, 3.05) is 13.7 Å². The molecule has 0 radical (unpaired) electrons. The largest absolute Gasteiger partial charge is 0.375 e. The highest BCUT2D eigenvalue weighted by atomic mass is 32.2. The average Bonchev–Trinajstić information content (AvgIpc) is 2.95. The fraction of sp³-hybridized carbons (Fsp3) is 0.500. The van der Waals surface area contributed by atoms with Gasteiger partial charge in [0.1, 0.15) is 11.0 Å². The van der Waals surface area contributed by atoms with Gasteiger partial charge < -0.3 is 4.74 Å². The van der Waals surface area contributed by atoms with E-state index in [1.165, 1.54) is 4.88 Å². The fourth-order valence-corrected chi connectivity index (χ4v) is 4.75. The standard InChI is InChI=1S/C14H21N3O3S2/c1-9-6-7-13(21-9)12(20-5)8-15-22(18,19)14-10(2)16-17(4)11(14)3/h6-7,12,15H,8H2,1-5H3/t12-/m1/s1. The monoisotopic (exact) mass is 343 g/mol. The molecule has 0 bridgehead atoms. The average molecular weight is 343 g/mol. The van der Waals surface area contributed by atoms with Crippen molar-refractivity contribution in [1.82, 2.24) is 14.5 Å². The van der Waals surface area contributed by atoms with Crippen molar-refractivity contribution in [1.29, 1.82) is 0 Å². The van der Waals surface area contributed by atoms with Crippen LogP contribution in [0.15, 0.2) is 17.0 Å². The van der Waals surface area contributed by atoms with Crippen molar-refractivity contribution in [3.8, 4) is 0 Å². The molecule has 0 aliphatic carbocycles. The molecule has 1 N–H and O–H groups in total. The number of rotatable bonds is 6. The highest BCUT2D eigenvalue weighted by Gasteiger charge is 2.25. The number of aromatic nitrogens is 2. The predicted octanol–water partition coefficient (Wildman–Crippen LogP) is 2.07. The Morgan fingerprint density at radius 1 is 1.36 bits per heavy atom. The smallest absolute Gasteiger partial charge is 0.244 e. The number of hydrogen-bond acceptors (Lipinski definition) is 5.